The summed E-state index contributed by atoms with van der Waals surface area (Å²) in [4.78, 5) is 28.6. The molecule has 3 aromatic carbocycles. The van der Waals surface area contributed by atoms with E-state index in [-0.39, 0.29) is 38.1 Å². The van der Waals surface area contributed by atoms with Crippen LogP contribution in [-0.4, -0.2) is 79.8 Å². The van der Waals surface area contributed by atoms with Gasteiger partial charge in [0.2, 0.25) is 5.91 Å². The predicted octanol–water partition coefficient (Wildman–Crippen LogP) is 4.95. The number of methoxy groups -OCH3 is 1. The molecular weight excluding hydrogens is 668 g/mol. The largest absolute Gasteiger partial charge is 0.497 e. The minimum atomic E-state index is -3.90. The quantitative estimate of drug-likeness (QED) is 0.149. The van der Waals surface area contributed by atoms with E-state index in [9.17, 15) is 31.9 Å². The molecule has 0 aliphatic carbocycles. The lowest BCUT2D eigenvalue weighted by Crippen LogP contribution is -2.56. The maximum Gasteiger partial charge on any atom is 0.408 e. The molecule has 3 aromatic rings. The molecular formula is C37H49F2N3O7S. The molecule has 0 radical (unpaired) electrons. The Balaban J connectivity index is 1.91. The molecule has 0 aliphatic heterocycles. The molecule has 13 heteroatoms. The number of rotatable bonds is 20. The maximum absolute atomic E-state index is 14.3. The highest BCUT2D eigenvalue weighted by molar-refractivity contribution is 7.92. The number of aliphatic hydroxyl groups is 1. The van der Waals surface area contributed by atoms with E-state index < -0.39 is 62.7 Å². The van der Waals surface area contributed by atoms with Gasteiger partial charge in [-0.15, -0.1) is 0 Å². The Labute approximate surface area is 293 Å². The summed E-state index contributed by atoms with van der Waals surface area (Å²) in [6, 6.07) is 16.4. The smallest absolute Gasteiger partial charge is 0.408 e. The lowest BCUT2D eigenvalue weighted by atomic mass is 10.0. The van der Waals surface area contributed by atoms with Gasteiger partial charge in [-0.25, -0.2) is 22.0 Å². The molecule has 50 heavy (non-hydrogen) atoms. The lowest BCUT2D eigenvalue weighted by Gasteiger charge is -2.32. The van der Waals surface area contributed by atoms with Crippen molar-refractivity contribution in [2.75, 3.05) is 26.0 Å². The number of nitrogens with two attached hydrogens (primary N) is 1. The van der Waals surface area contributed by atoms with Crippen LogP contribution in [0, 0.1) is 11.6 Å². The summed E-state index contributed by atoms with van der Waals surface area (Å²) >= 11 is 0. The van der Waals surface area contributed by atoms with Crippen molar-refractivity contribution < 1.29 is 41.4 Å². The van der Waals surface area contributed by atoms with E-state index in [4.69, 9.17) is 15.2 Å². The molecule has 0 aliphatic rings. The van der Waals surface area contributed by atoms with Gasteiger partial charge in [-0.3, -0.25) is 4.79 Å². The Kier molecular flexibility index (Phi) is 16.1. The van der Waals surface area contributed by atoms with E-state index in [0.717, 1.165) is 23.8 Å². The molecule has 0 saturated heterocycles. The van der Waals surface area contributed by atoms with Gasteiger partial charge >= 0.3 is 6.09 Å². The molecule has 274 valence electrons. The minimum absolute atomic E-state index is 0.00894. The van der Waals surface area contributed by atoms with Gasteiger partial charge in [0.25, 0.3) is 0 Å². The molecule has 0 spiro atoms. The van der Waals surface area contributed by atoms with E-state index in [2.05, 4.69) is 5.32 Å². The second-order valence-electron chi connectivity index (χ2n) is 12.4. The summed E-state index contributed by atoms with van der Waals surface area (Å²) in [5.41, 5.74) is 7.97. The zero-order valence-electron chi connectivity index (χ0n) is 28.9. The van der Waals surface area contributed by atoms with Crippen LogP contribution >= 0.6 is 0 Å². The number of benzene rings is 3. The monoisotopic (exact) mass is 717 g/mol. The average molecular weight is 718 g/mol. The second-order valence-corrected chi connectivity index (χ2v) is 14.7. The fraction of sp³-hybridized carbons (Fsp3) is 0.459. The molecule has 10 nitrogen and oxygen atoms in total. The van der Waals surface area contributed by atoms with Crippen molar-refractivity contribution in [3.8, 4) is 5.75 Å². The van der Waals surface area contributed by atoms with Crippen molar-refractivity contribution in [1.29, 1.82) is 0 Å². The first kappa shape index (κ1) is 40.4. The summed E-state index contributed by atoms with van der Waals surface area (Å²) in [5.74, 6) is -2.44. The van der Waals surface area contributed by atoms with Crippen molar-refractivity contribution in [2.24, 2.45) is 5.73 Å². The van der Waals surface area contributed by atoms with Crippen LogP contribution in [-0.2, 0) is 38.8 Å². The SMILES string of the molecule is CCCC(CCC)S(=O)(=O)CC(NC(=O)OCc1ccccc1)C(=O)N(CCc1cccc(OC)c1)C[C@@H](O)[C@@H](N)Cc1cc(F)cc(F)c1. The first-order valence-corrected chi connectivity index (χ1v) is 18.6. The fourth-order valence-corrected chi connectivity index (χ4v) is 7.85. The van der Waals surface area contributed by atoms with E-state index >= 15 is 0 Å². The summed E-state index contributed by atoms with van der Waals surface area (Å²) in [6.45, 7) is 3.30. The van der Waals surface area contributed by atoms with Crippen LogP contribution in [0.1, 0.15) is 56.2 Å². The number of aliphatic hydroxyl groups excluding tert-OH is 1. The summed E-state index contributed by atoms with van der Waals surface area (Å²) in [7, 11) is -2.38. The summed E-state index contributed by atoms with van der Waals surface area (Å²) in [6.07, 6.45) is -0.180. The van der Waals surface area contributed by atoms with E-state index in [1.807, 2.05) is 26.0 Å². The van der Waals surface area contributed by atoms with Crippen molar-refractivity contribution in [3.05, 3.63) is 101 Å². The zero-order chi connectivity index (χ0) is 36.7. The number of hydrogen-bond acceptors (Lipinski definition) is 8. The fourth-order valence-electron chi connectivity index (χ4n) is 5.70. The topological polar surface area (TPSA) is 148 Å². The van der Waals surface area contributed by atoms with Gasteiger partial charge in [0, 0.05) is 25.2 Å². The second kappa shape index (κ2) is 19.9. The summed E-state index contributed by atoms with van der Waals surface area (Å²) in [5, 5.41) is 13.0. The molecule has 3 rings (SSSR count). The van der Waals surface area contributed by atoms with Crippen molar-refractivity contribution >= 4 is 21.8 Å². The molecule has 2 amide bonds. The summed E-state index contributed by atoms with van der Waals surface area (Å²) < 4.78 is 65.8. The van der Waals surface area contributed by atoms with Gasteiger partial charge in [-0.1, -0.05) is 69.2 Å². The van der Waals surface area contributed by atoms with Crippen LogP contribution in [0.15, 0.2) is 72.8 Å². The number of carbonyl (C=O) groups is 2. The number of carbonyl (C=O) groups excluding carboxylic acids is 2. The first-order valence-electron chi connectivity index (χ1n) is 16.8. The van der Waals surface area contributed by atoms with Gasteiger partial charge in [-0.05, 0) is 66.6 Å². The number of hydrogen-bond donors (Lipinski definition) is 3. The number of ether oxygens (including phenoxy) is 2. The maximum atomic E-state index is 14.3. The predicted molar refractivity (Wildman–Crippen MR) is 188 cm³/mol. The van der Waals surface area contributed by atoms with Gasteiger partial charge < -0.3 is 30.5 Å². The van der Waals surface area contributed by atoms with Crippen molar-refractivity contribution in [3.63, 3.8) is 0 Å². The van der Waals surface area contributed by atoms with Gasteiger partial charge in [0.15, 0.2) is 9.84 Å². The van der Waals surface area contributed by atoms with Gasteiger partial charge in [0.1, 0.15) is 30.0 Å². The van der Waals surface area contributed by atoms with E-state index in [1.54, 1.807) is 42.5 Å². The van der Waals surface area contributed by atoms with Crippen LogP contribution in [0.2, 0.25) is 0 Å². The molecule has 4 N–H and O–H groups in total. The first-order chi connectivity index (χ1) is 23.8. The Morgan fingerprint density at radius 1 is 0.920 bits per heavy atom. The number of sulfone groups is 1. The molecule has 3 atom stereocenters. The number of amides is 2. The molecule has 0 bridgehead atoms. The van der Waals surface area contributed by atoms with Crippen molar-refractivity contribution in [2.45, 2.75) is 82.4 Å². The zero-order valence-corrected chi connectivity index (χ0v) is 29.7. The Morgan fingerprint density at radius 2 is 1.56 bits per heavy atom. The minimum Gasteiger partial charge on any atom is -0.497 e. The van der Waals surface area contributed by atoms with Crippen molar-refractivity contribution in [1.82, 2.24) is 10.2 Å². The van der Waals surface area contributed by atoms with Gasteiger partial charge in [-0.2, -0.15) is 0 Å². The Bertz CT molecular complexity index is 1600. The number of nitrogens with one attached hydrogen (secondary N) is 1. The number of nitrogens with zero attached hydrogens (tertiary/aromatic N) is 1. The Hall–Kier alpha value is -4.07. The van der Waals surface area contributed by atoms with Crippen LogP contribution < -0.4 is 15.8 Å². The van der Waals surface area contributed by atoms with E-state index in [0.29, 0.717) is 37.0 Å². The number of alkyl carbamates (subject to hydrolysis) is 1. The highest BCUT2D eigenvalue weighted by Gasteiger charge is 2.36. The van der Waals surface area contributed by atoms with Crippen LogP contribution in [0.4, 0.5) is 13.6 Å². The molecule has 0 saturated carbocycles. The van der Waals surface area contributed by atoms with Crippen LogP contribution in [0.3, 0.4) is 0 Å². The normalized spacial score (nSPS) is 13.4. The lowest BCUT2D eigenvalue weighted by molar-refractivity contribution is -0.134. The molecule has 0 aromatic heterocycles. The van der Waals surface area contributed by atoms with Crippen LogP contribution in [0.5, 0.6) is 5.75 Å². The molecule has 1 unspecified atom stereocenters. The Morgan fingerprint density at radius 3 is 2.18 bits per heavy atom. The third kappa shape index (κ3) is 13.0. The molecule has 0 heterocycles. The average Bonchev–Trinajstić information content (AvgIpc) is 3.08. The standard InChI is InChI=1S/C37H49F2N3O7S/c1-4-10-32(11-5-2)50(46,47)25-34(41-37(45)49-24-27-12-7-6-8-13-27)36(44)42(17-16-26-14-9-15-31(20-26)48-3)23-35(43)33(40)21-28-18-29(38)22-30(39)19-28/h6-9,12-15,18-20,22,32-35,43H,4-5,10-11,16-17,21,23-25,40H2,1-3H3,(H,41,45)/t33-,34?,35+/m0/s1. The van der Waals surface area contributed by atoms with E-state index in [1.165, 1.54) is 12.0 Å². The molecule has 0 fully saturated rings. The van der Waals surface area contributed by atoms with Gasteiger partial charge in [0.05, 0.1) is 24.2 Å². The highest BCUT2D eigenvalue weighted by Crippen LogP contribution is 2.19. The third-order valence-corrected chi connectivity index (χ3v) is 10.6. The number of halogens is 2. The third-order valence-electron chi connectivity index (χ3n) is 8.34. The van der Waals surface area contributed by atoms with Crippen LogP contribution in [0.25, 0.3) is 0 Å². The highest BCUT2D eigenvalue weighted by atomic mass is 32.2.